The zero-order chi connectivity index (χ0) is 26.3. The van der Waals surface area contributed by atoms with Gasteiger partial charge in [0.05, 0.1) is 5.52 Å². The summed E-state index contributed by atoms with van der Waals surface area (Å²) in [6.07, 6.45) is 4.13. The van der Waals surface area contributed by atoms with Crippen LogP contribution in [0.25, 0.3) is 10.2 Å². The fourth-order valence-corrected chi connectivity index (χ4v) is 4.91. The molecule has 2 aromatic carbocycles. The van der Waals surface area contributed by atoms with E-state index in [1.165, 1.54) is 30.3 Å². The molecule has 9 nitrogen and oxygen atoms in total. The van der Waals surface area contributed by atoms with Gasteiger partial charge in [-0.25, -0.2) is 4.98 Å². The number of hydrogen-bond acceptors (Lipinski definition) is 8. The molecule has 2 amide bonds. The summed E-state index contributed by atoms with van der Waals surface area (Å²) in [5.74, 6) is 1.02. The molecule has 0 bridgehead atoms. The van der Waals surface area contributed by atoms with Crippen molar-refractivity contribution in [1.82, 2.24) is 14.9 Å². The van der Waals surface area contributed by atoms with E-state index in [0.717, 1.165) is 41.2 Å². The van der Waals surface area contributed by atoms with Crippen molar-refractivity contribution in [1.29, 1.82) is 0 Å². The molecule has 0 unspecified atom stereocenters. The number of aromatic nitrogens is 2. The van der Waals surface area contributed by atoms with Crippen molar-refractivity contribution in [3.63, 3.8) is 0 Å². The van der Waals surface area contributed by atoms with E-state index in [1.807, 2.05) is 35.7 Å². The second kappa shape index (κ2) is 11.8. The van der Waals surface area contributed by atoms with E-state index in [4.69, 9.17) is 4.74 Å². The second-order valence-corrected chi connectivity index (χ2v) is 9.78. The van der Waals surface area contributed by atoms with Gasteiger partial charge in [-0.1, -0.05) is 12.6 Å². The Morgan fingerprint density at radius 2 is 1.79 bits per heavy atom. The molecule has 5 rings (SSSR count). The highest BCUT2D eigenvalue weighted by molar-refractivity contribution is 7.17. The average molecular weight is 529 g/mol. The van der Waals surface area contributed by atoms with Gasteiger partial charge in [-0.2, -0.15) is 4.98 Å². The molecule has 1 saturated heterocycles. The Kier molecular flexibility index (Phi) is 7.91. The highest BCUT2D eigenvalue weighted by atomic mass is 32.1. The molecule has 1 aliphatic rings. The first-order valence-electron chi connectivity index (χ1n) is 12.4. The molecule has 0 aliphatic carbocycles. The summed E-state index contributed by atoms with van der Waals surface area (Å²) >= 11 is 1.48. The van der Waals surface area contributed by atoms with Crippen molar-refractivity contribution in [3.8, 4) is 11.6 Å². The number of anilines is 4. The fraction of sp³-hybridized carbons (Fsp3) is 0.214. The number of amides is 2. The van der Waals surface area contributed by atoms with Crippen LogP contribution >= 0.6 is 11.3 Å². The Balaban J connectivity index is 1.25. The van der Waals surface area contributed by atoms with Crippen LogP contribution in [-0.4, -0.2) is 46.3 Å². The molecular formula is C28H28N6O3S. The summed E-state index contributed by atoms with van der Waals surface area (Å²) in [6, 6.07) is 16.4. The van der Waals surface area contributed by atoms with E-state index < -0.39 is 0 Å². The average Bonchev–Trinajstić information content (AvgIpc) is 3.61. The summed E-state index contributed by atoms with van der Waals surface area (Å²) in [6.45, 7) is 6.44. The third kappa shape index (κ3) is 6.53. The fourth-order valence-electron chi connectivity index (χ4n) is 4.16. The lowest BCUT2D eigenvalue weighted by molar-refractivity contribution is -0.116. The first kappa shape index (κ1) is 25.4. The lowest BCUT2D eigenvalue weighted by Gasteiger charge is -2.14. The summed E-state index contributed by atoms with van der Waals surface area (Å²) in [5, 5.41) is 10.8. The van der Waals surface area contributed by atoms with Gasteiger partial charge in [-0.3, -0.25) is 9.59 Å². The smallest absolute Gasteiger partial charge is 0.247 e. The SMILES string of the molecule is C=CC(=O)Nc1cccc(Oc2nc(Nc3ccc(NC(=O)CCN4CCCC4)cc3)nc3ccsc23)c1. The van der Waals surface area contributed by atoms with Gasteiger partial charge < -0.3 is 25.6 Å². The molecule has 3 N–H and O–H groups in total. The summed E-state index contributed by atoms with van der Waals surface area (Å²) in [5.41, 5.74) is 2.85. The molecule has 3 heterocycles. The molecule has 1 aliphatic heterocycles. The number of ether oxygens (including phenoxy) is 1. The molecule has 0 spiro atoms. The van der Waals surface area contributed by atoms with Gasteiger partial charge in [-0.15, -0.1) is 11.3 Å². The van der Waals surface area contributed by atoms with E-state index in [1.54, 1.807) is 24.3 Å². The summed E-state index contributed by atoms with van der Waals surface area (Å²) in [4.78, 5) is 35.5. The van der Waals surface area contributed by atoms with Crippen LogP contribution in [0.4, 0.5) is 23.0 Å². The zero-order valence-corrected chi connectivity index (χ0v) is 21.6. The molecular weight excluding hydrogens is 500 g/mol. The van der Waals surface area contributed by atoms with Gasteiger partial charge >= 0.3 is 0 Å². The maximum absolute atomic E-state index is 12.3. The van der Waals surface area contributed by atoms with Crippen LogP contribution in [0.3, 0.4) is 0 Å². The van der Waals surface area contributed by atoms with Crippen LogP contribution in [-0.2, 0) is 9.59 Å². The van der Waals surface area contributed by atoms with E-state index in [2.05, 4.69) is 37.4 Å². The van der Waals surface area contributed by atoms with Gasteiger partial charge in [0, 0.05) is 36.1 Å². The van der Waals surface area contributed by atoms with E-state index >= 15 is 0 Å². The Morgan fingerprint density at radius 3 is 2.58 bits per heavy atom. The van der Waals surface area contributed by atoms with Crippen LogP contribution in [0, 0.1) is 0 Å². The normalized spacial score (nSPS) is 13.3. The number of benzene rings is 2. The molecule has 194 valence electrons. The monoisotopic (exact) mass is 528 g/mol. The molecule has 10 heteroatoms. The zero-order valence-electron chi connectivity index (χ0n) is 20.8. The van der Waals surface area contributed by atoms with Crippen molar-refractivity contribution >= 4 is 56.4 Å². The molecule has 0 radical (unpaired) electrons. The van der Waals surface area contributed by atoms with Crippen LogP contribution in [0.15, 0.2) is 72.6 Å². The lowest BCUT2D eigenvalue weighted by atomic mass is 10.2. The summed E-state index contributed by atoms with van der Waals surface area (Å²) < 4.78 is 6.91. The summed E-state index contributed by atoms with van der Waals surface area (Å²) in [7, 11) is 0. The Bertz CT molecular complexity index is 1450. The van der Waals surface area contributed by atoms with E-state index in [0.29, 0.717) is 29.7 Å². The Labute approximate surface area is 224 Å². The minimum atomic E-state index is -0.302. The second-order valence-electron chi connectivity index (χ2n) is 8.86. The largest absolute Gasteiger partial charge is 0.437 e. The van der Waals surface area contributed by atoms with Gasteiger partial charge in [0.15, 0.2) is 0 Å². The quantitative estimate of drug-likeness (QED) is 0.224. The predicted molar refractivity (Wildman–Crippen MR) is 151 cm³/mol. The topological polar surface area (TPSA) is 108 Å². The highest BCUT2D eigenvalue weighted by Crippen LogP contribution is 2.33. The van der Waals surface area contributed by atoms with Crippen LogP contribution in [0.1, 0.15) is 19.3 Å². The maximum atomic E-state index is 12.3. The predicted octanol–water partition coefficient (Wildman–Crippen LogP) is 5.78. The number of carbonyl (C=O) groups excluding carboxylic acids is 2. The van der Waals surface area contributed by atoms with Crippen LogP contribution in [0.2, 0.25) is 0 Å². The Morgan fingerprint density at radius 1 is 1.00 bits per heavy atom. The molecule has 0 saturated carbocycles. The molecule has 1 fully saturated rings. The molecule has 38 heavy (non-hydrogen) atoms. The third-order valence-corrected chi connectivity index (χ3v) is 6.94. The number of rotatable bonds is 10. The Hall–Kier alpha value is -4.28. The van der Waals surface area contributed by atoms with Crippen molar-refractivity contribution in [3.05, 3.63) is 72.6 Å². The first-order valence-corrected chi connectivity index (χ1v) is 13.3. The minimum absolute atomic E-state index is 0.0128. The number of fused-ring (bicyclic) bond motifs is 1. The van der Waals surface area contributed by atoms with Gasteiger partial charge in [0.25, 0.3) is 0 Å². The number of nitrogens with one attached hydrogen (secondary N) is 3. The van der Waals surface area contributed by atoms with Gasteiger partial charge in [-0.05, 0) is 79.9 Å². The maximum Gasteiger partial charge on any atom is 0.247 e. The van der Waals surface area contributed by atoms with E-state index in [9.17, 15) is 9.59 Å². The number of nitrogens with zero attached hydrogens (tertiary/aromatic N) is 3. The molecule has 4 aromatic rings. The number of carbonyl (C=O) groups is 2. The van der Waals surface area contributed by atoms with Crippen molar-refractivity contribution in [2.75, 3.05) is 35.6 Å². The van der Waals surface area contributed by atoms with Crippen molar-refractivity contribution in [2.24, 2.45) is 0 Å². The van der Waals surface area contributed by atoms with Crippen LogP contribution < -0.4 is 20.7 Å². The number of thiophene rings is 1. The minimum Gasteiger partial charge on any atom is -0.437 e. The molecule has 2 aromatic heterocycles. The van der Waals surface area contributed by atoms with Crippen molar-refractivity contribution in [2.45, 2.75) is 19.3 Å². The highest BCUT2D eigenvalue weighted by Gasteiger charge is 2.14. The van der Waals surface area contributed by atoms with Crippen LogP contribution in [0.5, 0.6) is 11.6 Å². The first-order chi connectivity index (χ1) is 18.6. The lowest BCUT2D eigenvalue weighted by Crippen LogP contribution is -2.25. The number of likely N-dealkylation sites (tertiary alicyclic amines) is 1. The molecule has 0 atom stereocenters. The number of hydrogen-bond donors (Lipinski definition) is 3. The van der Waals surface area contributed by atoms with Crippen molar-refractivity contribution < 1.29 is 14.3 Å². The van der Waals surface area contributed by atoms with Gasteiger partial charge in [0.1, 0.15) is 10.4 Å². The van der Waals surface area contributed by atoms with E-state index in [-0.39, 0.29) is 11.8 Å². The van der Waals surface area contributed by atoms with Gasteiger partial charge in [0.2, 0.25) is 23.6 Å². The third-order valence-electron chi connectivity index (χ3n) is 6.05. The standard InChI is InChI=1S/C28H28N6O3S/c1-2-24(35)30-21-6-5-7-22(18-21)37-27-26-23(13-17-38-26)32-28(33-27)31-20-10-8-19(9-11-20)29-25(36)12-16-34-14-3-4-15-34/h2,5-11,13,17-18H,1,3-4,12,14-16H2,(H,29,36)(H,30,35)(H,31,32,33).